The minimum atomic E-state index is -0.476. The van der Waals surface area contributed by atoms with Crippen molar-refractivity contribution in [2.75, 3.05) is 0 Å². The Balaban J connectivity index is 1.79. The normalized spacial score (nSPS) is 10.7. The largest absolute Gasteiger partial charge is 0.456 e. The second kappa shape index (κ2) is 6.52. The maximum absolute atomic E-state index is 12.0. The quantitative estimate of drug-likeness (QED) is 0.639. The number of carbonyl (C=O) groups is 1. The fraction of sp³-hybridized carbons (Fsp3) is 0.0625. The predicted octanol–water partition coefficient (Wildman–Crippen LogP) is 3.47. The highest BCUT2D eigenvalue weighted by atomic mass is 79.9. The summed E-state index contributed by atoms with van der Waals surface area (Å²) in [7, 11) is 0. The van der Waals surface area contributed by atoms with Crippen LogP contribution >= 0.6 is 27.5 Å². The number of nitrogens with zero attached hydrogens (tertiary/aromatic N) is 2. The first kappa shape index (κ1) is 15.7. The van der Waals surface area contributed by atoms with Gasteiger partial charge in [-0.1, -0.05) is 27.5 Å². The van der Waals surface area contributed by atoms with E-state index in [0.29, 0.717) is 21.9 Å². The monoisotopic (exact) mass is 392 g/mol. The van der Waals surface area contributed by atoms with Crippen LogP contribution in [-0.4, -0.2) is 15.4 Å². The van der Waals surface area contributed by atoms with Crippen LogP contribution in [0.15, 0.2) is 57.9 Å². The Morgan fingerprint density at radius 3 is 2.70 bits per heavy atom. The summed E-state index contributed by atoms with van der Waals surface area (Å²) in [5.74, 6) is -0.476. The third-order valence-corrected chi connectivity index (χ3v) is 3.86. The van der Waals surface area contributed by atoms with Crippen LogP contribution in [0.2, 0.25) is 5.02 Å². The molecule has 7 heteroatoms. The summed E-state index contributed by atoms with van der Waals surface area (Å²) in [6.07, 6.45) is 1.49. The minimum Gasteiger partial charge on any atom is -0.456 e. The summed E-state index contributed by atoms with van der Waals surface area (Å²) in [6.45, 7) is -0.0801. The Morgan fingerprint density at radius 2 is 1.96 bits per heavy atom. The summed E-state index contributed by atoms with van der Waals surface area (Å²) >= 11 is 9.15. The van der Waals surface area contributed by atoms with Crippen molar-refractivity contribution in [2.45, 2.75) is 6.61 Å². The topological polar surface area (TPSA) is 60.7 Å². The Hall–Kier alpha value is -2.18. The molecule has 3 aromatic rings. The van der Waals surface area contributed by atoms with Gasteiger partial charge in [0.25, 0.3) is 5.56 Å². The van der Waals surface area contributed by atoms with Gasteiger partial charge in [0.05, 0.1) is 16.3 Å². The first-order chi connectivity index (χ1) is 11.0. The summed E-state index contributed by atoms with van der Waals surface area (Å²) in [6, 6.07) is 11.4. The van der Waals surface area contributed by atoms with Crippen LogP contribution in [0.1, 0.15) is 16.1 Å². The maximum Gasteiger partial charge on any atom is 0.338 e. The number of esters is 1. The molecule has 116 valence electrons. The first-order valence-electron chi connectivity index (χ1n) is 6.63. The SMILES string of the molecule is O=C(OCc1cc(=O)n2cc(Cl)ccc2n1)c1ccc(Br)cc1. The van der Waals surface area contributed by atoms with Gasteiger partial charge in [-0.3, -0.25) is 9.20 Å². The van der Waals surface area contributed by atoms with Crippen LogP contribution < -0.4 is 5.56 Å². The molecule has 0 amide bonds. The highest BCUT2D eigenvalue weighted by Crippen LogP contribution is 2.12. The number of halogens is 2. The van der Waals surface area contributed by atoms with Gasteiger partial charge in [0.15, 0.2) is 0 Å². The van der Waals surface area contributed by atoms with Crippen molar-refractivity contribution in [1.29, 1.82) is 0 Å². The van der Waals surface area contributed by atoms with E-state index in [1.807, 2.05) is 0 Å². The van der Waals surface area contributed by atoms with E-state index in [4.69, 9.17) is 16.3 Å². The number of aromatic nitrogens is 2. The number of fused-ring (bicyclic) bond motifs is 1. The number of carbonyl (C=O) groups excluding carboxylic acids is 1. The third kappa shape index (κ3) is 3.60. The van der Waals surface area contributed by atoms with E-state index in [2.05, 4.69) is 20.9 Å². The molecule has 0 N–H and O–H groups in total. The first-order valence-corrected chi connectivity index (χ1v) is 7.80. The van der Waals surface area contributed by atoms with E-state index < -0.39 is 5.97 Å². The van der Waals surface area contributed by atoms with Crippen molar-refractivity contribution in [1.82, 2.24) is 9.38 Å². The molecule has 0 unspecified atom stereocenters. The van der Waals surface area contributed by atoms with E-state index in [9.17, 15) is 9.59 Å². The van der Waals surface area contributed by atoms with E-state index in [-0.39, 0.29) is 12.2 Å². The molecule has 5 nitrogen and oxygen atoms in total. The van der Waals surface area contributed by atoms with E-state index in [1.165, 1.54) is 16.7 Å². The van der Waals surface area contributed by atoms with Crippen molar-refractivity contribution in [3.05, 3.63) is 79.8 Å². The third-order valence-electron chi connectivity index (χ3n) is 3.11. The molecular weight excluding hydrogens is 384 g/mol. The summed E-state index contributed by atoms with van der Waals surface area (Å²) < 4.78 is 7.40. The fourth-order valence-corrected chi connectivity index (χ4v) is 2.43. The molecule has 0 aliphatic rings. The number of ether oxygens (including phenoxy) is 1. The van der Waals surface area contributed by atoms with Crippen LogP contribution in [0.5, 0.6) is 0 Å². The number of hydrogen-bond donors (Lipinski definition) is 0. The van der Waals surface area contributed by atoms with Gasteiger partial charge in [-0.2, -0.15) is 0 Å². The van der Waals surface area contributed by atoms with Crippen molar-refractivity contribution in [3.63, 3.8) is 0 Å². The number of rotatable bonds is 3. The Morgan fingerprint density at radius 1 is 1.22 bits per heavy atom. The lowest BCUT2D eigenvalue weighted by Crippen LogP contribution is -2.16. The number of pyridine rings is 1. The van der Waals surface area contributed by atoms with Gasteiger partial charge in [0, 0.05) is 16.7 Å². The smallest absolute Gasteiger partial charge is 0.338 e. The maximum atomic E-state index is 12.0. The highest BCUT2D eigenvalue weighted by Gasteiger charge is 2.09. The standard InChI is InChI=1S/C16H10BrClN2O3/c17-11-3-1-10(2-4-11)16(22)23-9-13-7-15(21)20-8-12(18)5-6-14(20)19-13/h1-8H,9H2. The lowest BCUT2D eigenvalue weighted by Gasteiger charge is -2.06. The van der Waals surface area contributed by atoms with Gasteiger partial charge in [-0.05, 0) is 36.4 Å². The number of benzene rings is 1. The molecule has 0 aliphatic carbocycles. The molecule has 0 atom stereocenters. The van der Waals surface area contributed by atoms with Crippen molar-refractivity contribution < 1.29 is 9.53 Å². The molecule has 0 spiro atoms. The van der Waals surface area contributed by atoms with Gasteiger partial charge in [-0.25, -0.2) is 9.78 Å². The molecule has 2 aromatic heterocycles. The van der Waals surface area contributed by atoms with Crippen LogP contribution in [-0.2, 0) is 11.3 Å². The van der Waals surface area contributed by atoms with E-state index >= 15 is 0 Å². The van der Waals surface area contributed by atoms with Crippen LogP contribution in [0.4, 0.5) is 0 Å². The molecule has 1 aromatic carbocycles. The number of hydrogen-bond acceptors (Lipinski definition) is 4. The summed E-state index contributed by atoms with van der Waals surface area (Å²) in [5.41, 5.74) is 0.962. The average molecular weight is 394 g/mol. The zero-order chi connectivity index (χ0) is 16.4. The fourth-order valence-electron chi connectivity index (χ4n) is 2.01. The van der Waals surface area contributed by atoms with Gasteiger partial charge < -0.3 is 4.74 Å². The summed E-state index contributed by atoms with van der Waals surface area (Å²) in [5, 5.41) is 0.441. The van der Waals surface area contributed by atoms with Gasteiger partial charge in [-0.15, -0.1) is 0 Å². The molecule has 0 saturated heterocycles. The van der Waals surface area contributed by atoms with Crippen molar-refractivity contribution in [2.24, 2.45) is 0 Å². The molecule has 0 saturated carbocycles. The van der Waals surface area contributed by atoms with Crippen LogP contribution in [0, 0.1) is 0 Å². The molecule has 0 fully saturated rings. The molecule has 23 heavy (non-hydrogen) atoms. The van der Waals surface area contributed by atoms with Gasteiger partial charge in [0.2, 0.25) is 0 Å². The molecule has 3 rings (SSSR count). The lowest BCUT2D eigenvalue weighted by atomic mass is 10.2. The van der Waals surface area contributed by atoms with Crippen molar-refractivity contribution in [3.8, 4) is 0 Å². The lowest BCUT2D eigenvalue weighted by molar-refractivity contribution is 0.0467. The zero-order valence-corrected chi connectivity index (χ0v) is 14.0. The second-order valence-electron chi connectivity index (χ2n) is 4.74. The minimum absolute atomic E-state index is 0.0801. The molecule has 0 aliphatic heterocycles. The molecule has 0 radical (unpaired) electrons. The average Bonchev–Trinajstić information content (AvgIpc) is 2.54. The Kier molecular flexibility index (Phi) is 4.45. The summed E-state index contributed by atoms with van der Waals surface area (Å²) in [4.78, 5) is 28.3. The van der Waals surface area contributed by atoms with Crippen molar-refractivity contribution >= 4 is 39.1 Å². The van der Waals surface area contributed by atoms with E-state index in [0.717, 1.165) is 4.47 Å². The highest BCUT2D eigenvalue weighted by molar-refractivity contribution is 9.10. The molecule has 0 bridgehead atoms. The zero-order valence-electron chi connectivity index (χ0n) is 11.7. The van der Waals surface area contributed by atoms with Crippen LogP contribution in [0.25, 0.3) is 5.65 Å². The Bertz CT molecular complexity index is 938. The van der Waals surface area contributed by atoms with Gasteiger partial charge in [0.1, 0.15) is 12.3 Å². The molecule has 2 heterocycles. The van der Waals surface area contributed by atoms with E-state index in [1.54, 1.807) is 36.4 Å². The predicted molar refractivity (Wildman–Crippen MR) is 89.7 cm³/mol. The Labute approximate surface area is 144 Å². The van der Waals surface area contributed by atoms with Gasteiger partial charge >= 0.3 is 5.97 Å². The molecular formula is C16H10BrClN2O3. The second-order valence-corrected chi connectivity index (χ2v) is 6.10. The van der Waals surface area contributed by atoms with Crippen LogP contribution in [0.3, 0.4) is 0 Å².